The zero-order chi connectivity index (χ0) is 19.4. The van der Waals surface area contributed by atoms with Crippen molar-refractivity contribution in [2.45, 2.75) is 19.8 Å². The molecule has 142 valence electrons. The third kappa shape index (κ3) is 9.22. The summed E-state index contributed by atoms with van der Waals surface area (Å²) in [5.41, 5.74) is 5.07. The van der Waals surface area contributed by atoms with Crippen LogP contribution >= 0.6 is 0 Å². The van der Waals surface area contributed by atoms with Gasteiger partial charge in [0.05, 0.1) is 20.2 Å². The van der Waals surface area contributed by atoms with E-state index in [9.17, 15) is 29.2 Å². The number of hydrogen-bond donors (Lipinski definition) is 3. The van der Waals surface area contributed by atoms with Gasteiger partial charge in [-0.2, -0.15) is 0 Å². The van der Waals surface area contributed by atoms with Gasteiger partial charge in [0.2, 0.25) is 11.8 Å². The summed E-state index contributed by atoms with van der Waals surface area (Å²) in [4.78, 5) is 62.5. The molecule has 0 spiro atoms. The number of hydroxylamine groups is 2. The first-order valence-electron chi connectivity index (χ1n) is 7.29. The number of esters is 1. The molecule has 0 aromatic heterocycles. The molecule has 4 N–H and O–H groups in total. The average Bonchev–Trinajstić information content (AvgIpc) is 2.58. The summed E-state index contributed by atoms with van der Waals surface area (Å²) in [6, 6.07) is 0. The standard InChI is InChI=1S/C13H22N4O8/c1-3-4-10(19)17(23)25-13(22)8-16(7-12(21)24-2)11(20)6-15-9(18)5-14/h23H,3-8,14H2,1-2H3,(H,15,18). The second-order valence-corrected chi connectivity index (χ2v) is 4.69. The van der Waals surface area contributed by atoms with Crippen molar-refractivity contribution >= 4 is 29.7 Å². The van der Waals surface area contributed by atoms with Crippen molar-refractivity contribution in [3.05, 3.63) is 0 Å². The zero-order valence-electron chi connectivity index (χ0n) is 14.0. The minimum absolute atomic E-state index is 0.0558. The maximum Gasteiger partial charge on any atom is 0.354 e. The highest BCUT2D eigenvalue weighted by atomic mass is 16.9. The van der Waals surface area contributed by atoms with Gasteiger partial charge in [0.15, 0.2) is 0 Å². The summed E-state index contributed by atoms with van der Waals surface area (Å²) in [6.07, 6.45) is 0.362. The van der Waals surface area contributed by atoms with E-state index in [0.717, 1.165) is 12.0 Å². The van der Waals surface area contributed by atoms with Gasteiger partial charge in [0.25, 0.3) is 5.91 Å². The molecule has 12 nitrogen and oxygen atoms in total. The lowest BCUT2D eigenvalue weighted by atomic mass is 10.3. The first kappa shape index (κ1) is 22.3. The largest absolute Gasteiger partial charge is 0.468 e. The molecular weight excluding hydrogens is 340 g/mol. The highest BCUT2D eigenvalue weighted by molar-refractivity contribution is 5.90. The van der Waals surface area contributed by atoms with E-state index in [2.05, 4.69) is 14.9 Å². The summed E-state index contributed by atoms with van der Waals surface area (Å²) in [6.45, 7) is -0.538. The van der Waals surface area contributed by atoms with E-state index >= 15 is 0 Å². The van der Waals surface area contributed by atoms with Crippen molar-refractivity contribution in [1.82, 2.24) is 15.4 Å². The molecule has 0 aromatic carbocycles. The third-order valence-corrected chi connectivity index (χ3v) is 2.71. The number of hydrogen-bond acceptors (Lipinski definition) is 9. The smallest absolute Gasteiger partial charge is 0.354 e. The first-order chi connectivity index (χ1) is 11.7. The van der Waals surface area contributed by atoms with Crippen LogP contribution in [0.5, 0.6) is 0 Å². The van der Waals surface area contributed by atoms with Crippen LogP contribution in [0.3, 0.4) is 0 Å². The summed E-state index contributed by atoms with van der Waals surface area (Å²) in [7, 11) is 1.08. The fourth-order valence-electron chi connectivity index (χ4n) is 1.45. The number of carbonyl (C=O) groups excluding carboxylic acids is 5. The van der Waals surface area contributed by atoms with Crippen LogP contribution < -0.4 is 11.1 Å². The lowest BCUT2D eigenvalue weighted by Crippen LogP contribution is -2.47. The summed E-state index contributed by atoms with van der Waals surface area (Å²) in [5.74, 6) is -4.25. The molecule has 0 fully saturated rings. The molecule has 0 aromatic rings. The molecule has 0 radical (unpaired) electrons. The number of rotatable bonds is 9. The normalized spacial score (nSPS) is 9.76. The van der Waals surface area contributed by atoms with Gasteiger partial charge < -0.3 is 25.5 Å². The minimum Gasteiger partial charge on any atom is -0.468 e. The van der Waals surface area contributed by atoms with Gasteiger partial charge in [-0.05, 0) is 11.6 Å². The van der Waals surface area contributed by atoms with Gasteiger partial charge in [-0.1, -0.05) is 6.92 Å². The van der Waals surface area contributed by atoms with Gasteiger partial charge in [-0.15, -0.1) is 0 Å². The van der Waals surface area contributed by atoms with Crippen LogP contribution in [-0.2, 0) is 33.5 Å². The Kier molecular flexibility index (Phi) is 10.5. The Morgan fingerprint density at radius 1 is 1.08 bits per heavy atom. The maximum absolute atomic E-state index is 12.0. The fourth-order valence-corrected chi connectivity index (χ4v) is 1.45. The molecular formula is C13H22N4O8. The first-order valence-corrected chi connectivity index (χ1v) is 7.29. The molecule has 0 atom stereocenters. The van der Waals surface area contributed by atoms with Crippen LogP contribution in [0.25, 0.3) is 0 Å². The van der Waals surface area contributed by atoms with E-state index in [1.165, 1.54) is 0 Å². The molecule has 0 aliphatic rings. The topological polar surface area (TPSA) is 169 Å². The molecule has 0 aliphatic carbocycles. The Balaban J connectivity index is 4.78. The highest BCUT2D eigenvalue weighted by Gasteiger charge is 2.24. The summed E-state index contributed by atoms with van der Waals surface area (Å²) >= 11 is 0. The lowest BCUT2D eigenvalue weighted by Gasteiger charge is -2.21. The molecule has 12 heteroatoms. The number of nitrogens with zero attached hydrogens (tertiary/aromatic N) is 2. The van der Waals surface area contributed by atoms with Crippen molar-refractivity contribution in [3.63, 3.8) is 0 Å². The van der Waals surface area contributed by atoms with Crippen LogP contribution in [-0.4, -0.2) is 78.3 Å². The number of ether oxygens (including phenoxy) is 1. The number of amides is 3. The van der Waals surface area contributed by atoms with Crippen molar-refractivity contribution in [2.75, 3.05) is 33.3 Å². The van der Waals surface area contributed by atoms with Crippen LogP contribution in [0, 0.1) is 0 Å². The molecule has 25 heavy (non-hydrogen) atoms. The zero-order valence-corrected chi connectivity index (χ0v) is 14.0. The van der Waals surface area contributed by atoms with E-state index < -0.39 is 49.3 Å². The highest BCUT2D eigenvalue weighted by Crippen LogP contribution is 1.99. The quantitative estimate of drug-likeness (QED) is 0.229. The number of carbonyl (C=O) groups is 5. The van der Waals surface area contributed by atoms with E-state index in [-0.39, 0.29) is 18.2 Å². The Morgan fingerprint density at radius 3 is 2.20 bits per heavy atom. The van der Waals surface area contributed by atoms with Crippen LogP contribution in [0.2, 0.25) is 0 Å². The van der Waals surface area contributed by atoms with Crippen molar-refractivity contribution < 1.29 is 38.8 Å². The maximum atomic E-state index is 12.0. The Morgan fingerprint density at radius 2 is 1.68 bits per heavy atom. The molecule has 0 bridgehead atoms. The van der Waals surface area contributed by atoms with E-state index in [0.29, 0.717) is 6.42 Å². The monoisotopic (exact) mass is 362 g/mol. The van der Waals surface area contributed by atoms with Gasteiger partial charge in [-0.3, -0.25) is 24.4 Å². The number of nitrogens with two attached hydrogens (primary N) is 1. The molecule has 0 unspecified atom stereocenters. The van der Waals surface area contributed by atoms with Gasteiger partial charge >= 0.3 is 11.9 Å². The van der Waals surface area contributed by atoms with Gasteiger partial charge in [0.1, 0.15) is 13.1 Å². The Hall–Kier alpha value is -2.73. The molecule has 0 rings (SSSR count). The van der Waals surface area contributed by atoms with Crippen molar-refractivity contribution in [2.24, 2.45) is 5.73 Å². The Labute approximate surface area is 143 Å². The molecule has 0 aliphatic heterocycles. The molecule has 3 amide bonds. The minimum atomic E-state index is -1.17. The molecule has 0 heterocycles. The predicted molar refractivity (Wildman–Crippen MR) is 80.3 cm³/mol. The van der Waals surface area contributed by atoms with Crippen molar-refractivity contribution in [1.29, 1.82) is 0 Å². The van der Waals surface area contributed by atoms with Crippen LogP contribution in [0.1, 0.15) is 19.8 Å². The predicted octanol–water partition coefficient (Wildman–Crippen LogP) is -2.46. The van der Waals surface area contributed by atoms with E-state index in [1.807, 2.05) is 0 Å². The second kappa shape index (κ2) is 11.8. The van der Waals surface area contributed by atoms with E-state index in [1.54, 1.807) is 6.92 Å². The lowest BCUT2D eigenvalue weighted by molar-refractivity contribution is -0.297. The second-order valence-electron chi connectivity index (χ2n) is 4.69. The van der Waals surface area contributed by atoms with Crippen LogP contribution in [0.15, 0.2) is 0 Å². The number of nitrogens with one attached hydrogen (secondary N) is 1. The third-order valence-electron chi connectivity index (χ3n) is 2.71. The van der Waals surface area contributed by atoms with Crippen molar-refractivity contribution in [3.8, 4) is 0 Å². The SMILES string of the molecule is CCCC(=O)N(O)OC(=O)CN(CC(=O)OC)C(=O)CNC(=O)CN. The van der Waals surface area contributed by atoms with Gasteiger partial charge in [0, 0.05) is 6.42 Å². The fraction of sp³-hybridized carbons (Fsp3) is 0.615. The van der Waals surface area contributed by atoms with Crippen LogP contribution in [0.4, 0.5) is 0 Å². The Bertz CT molecular complexity index is 510. The summed E-state index contributed by atoms with van der Waals surface area (Å²) < 4.78 is 4.40. The number of methoxy groups -OCH3 is 1. The van der Waals surface area contributed by atoms with Gasteiger partial charge in [-0.25, -0.2) is 4.79 Å². The molecule has 0 saturated carbocycles. The molecule has 0 saturated heterocycles. The summed E-state index contributed by atoms with van der Waals surface area (Å²) in [5, 5.41) is 11.2. The van der Waals surface area contributed by atoms with E-state index in [4.69, 9.17) is 5.73 Å². The average molecular weight is 362 g/mol.